The summed E-state index contributed by atoms with van der Waals surface area (Å²) in [5, 5.41) is 3.24. The Balaban J connectivity index is 1.87. The molecule has 0 saturated carbocycles. The lowest BCUT2D eigenvalue weighted by atomic mass is 10.2. The maximum absolute atomic E-state index is 12.6. The lowest BCUT2D eigenvalue weighted by Crippen LogP contribution is -2.23. The van der Waals surface area contributed by atoms with Crippen molar-refractivity contribution in [1.29, 1.82) is 0 Å². The standard InChI is InChI=1S/C17H8ClF6N3O2/c18-14-12(29-11-4-1-9(2-5-11)16(19,20)21)8-26-27(15(14)28)13-6-3-10(7-25-13)17(22,23)24/h1-8H. The van der Waals surface area contributed by atoms with Crippen LogP contribution in [0.5, 0.6) is 11.5 Å². The summed E-state index contributed by atoms with van der Waals surface area (Å²) in [5.74, 6) is -0.503. The third-order valence-electron chi connectivity index (χ3n) is 3.59. The first kappa shape index (κ1) is 20.6. The van der Waals surface area contributed by atoms with Gasteiger partial charge in [-0.3, -0.25) is 4.79 Å². The number of nitrogens with zero attached hydrogens (tertiary/aromatic N) is 3. The summed E-state index contributed by atoms with van der Waals surface area (Å²) < 4.78 is 81.4. The van der Waals surface area contributed by atoms with E-state index in [0.717, 1.165) is 42.6 Å². The van der Waals surface area contributed by atoms with E-state index in [9.17, 15) is 31.1 Å². The van der Waals surface area contributed by atoms with E-state index in [-0.39, 0.29) is 17.3 Å². The molecule has 152 valence electrons. The normalized spacial score (nSPS) is 12.1. The number of ether oxygens (including phenoxy) is 1. The second-order valence-electron chi connectivity index (χ2n) is 5.57. The van der Waals surface area contributed by atoms with Gasteiger partial charge in [0.2, 0.25) is 0 Å². The molecule has 2 aromatic heterocycles. The van der Waals surface area contributed by atoms with Crippen LogP contribution in [-0.2, 0) is 12.4 Å². The monoisotopic (exact) mass is 435 g/mol. The molecule has 0 saturated heterocycles. The molecule has 0 aliphatic carbocycles. The highest BCUT2D eigenvalue weighted by Crippen LogP contribution is 2.32. The van der Waals surface area contributed by atoms with Crippen molar-refractivity contribution in [3.8, 4) is 17.3 Å². The molecular weight excluding hydrogens is 428 g/mol. The number of hydrogen-bond donors (Lipinski definition) is 0. The van der Waals surface area contributed by atoms with Gasteiger partial charge in [-0.05, 0) is 36.4 Å². The van der Waals surface area contributed by atoms with E-state index in [1.165, 1.54) is 0 Å². The summed E-state index contributed by atoms with van der Waals surface area (Å²) in [6.45, 7) is 0. The van der Waals surface area contributed by atoms with E-state index in [0.29, 0.717) is 10.9 Å². The Labute approximate surface area is 163 Å². The molecule has 3 aromatic rings. The summed E-state index contributed by atoms with van der Waals surface area (Å²) in [5.41, 5.74) is -2.84. The van der Waals surface area contributed by atoms with E-state index in [4.69, 9.17) is 16.3 Å². The number of rotatable bonds is 3. The lowest BCUT2D eigenvalue weighted by molar-refractivity contribution is -0.138. The Morgan fingerprint density at radius 3 is 1.97 bits per heavy atom. The van der Waals surface area contributed by atoms with E-state index < -0.39 is 34.1 Å². The molecule has 0 atom stereocenters. The lowest BCUT2D eigenvalue weighted by Gasteiger charge is -2.11. The minimum atomic E-state index is -4.60. The molecule has 1 aromatic carbocycles. The van der Waals surface area contributed by atoms with Crippen LogP contribution < -0.4 is 10.3 Å². The fourth-order valence-corrected chi connectivity index (χ4v) is 2.34. The Hall–Kier alpha value is -3.08. The van der Waals surface area contributed by atoms with Gasteiger partial charge in [-0.2, -0.15) is 36.1 Å². The molecule has 0 aliphatic heterocycles. The number of alkyl halides is 6. The van der Waals surface area contributed by atoms with E-state index in [2.05, 4.69) is 10.1 Å². The Kier molecular flexibility index (Phi) is 5.26. The summed E-state index contributed by atoms with van der Waals surface area (Å²) in [6, 6.07) is 5.28. The fraction of sp³-hybridized carbons (Fsp3) is 0.118. The predicted octanol–water partition coefficient (Wildman–Crippen LogP) is 5.11. The van der Waals surface area contributed by atoms with Crippen molar-refractivity contribution in [3.63, 3.8) is 0 Å². The van der Waals surface area contributed by atoms with Crippen molar-refractivity contribution in [2.45, 2.75) is 12.4 Å². The average molecular weight is 436 g/mol. The van der Waals surface area contributed by atoms with Crippen molar-refractivity contribution >= 4 is 11.6 Å². The molecule has 3 rings (SSSR count). The van der Waals surface area contributed by atoms with Crippen molar-refractivity contribution in [2.75, 3.05) is 0 Å². The molecule has 0 amide bonds. The minimum Gasteiger partial charge on any atom is -0.454 e. The molecule has 0 radical (unpaired) electrons. The summed E-state index contributed by atoms with van der Waals surface area (Å²) in [4.78, 5) is 15.9. The van der Waals surface area contributed by atoms with Gasteiger partial charge in [0, 0.05) is 6.20 Å². The van der Waals surface area contributed by atoms with E-state index in [1.54, 1.807) is 0 Å². The van der Waals surface area contributed by atoms with Gasteiger partial charge >= 0.3 is 12.4 Å². The molecule has 0 unspecified atom stereocenters. The van der Waals surface area contributed by atoms with Gasteiger partial charge in [0.25, 0.3) is 5.56 Å². The topological polar surface area (TPSA) is 57.0 Å². The van der Waals surface area contributed by atoms with Gasteiger partial charge in [-0.1, -0.05) is 11.6 Å². The zero-order chi connectivity index (χ0) is 21.4. The third kappa shape index (κ3) is 4.50. The quantitative estimate of drug-likeness (QED) is 0.536. The van der Waals surface area contributed by atoms with Gasteiger partial charge in [-0.25, -0.2) is 4.98 Å². The van der Waals surface area contributed by atoms with Crippen LogP contribution >= 0.6 is 11.6 Å². The second-order valence-corrected chi connectivity index (χ2v) is 5.94. The highest BCUT2D eigenvalue weighted by molar-refractivity contribution is 6.31. The number of halogens is 7. The van der Waals surface area contributed by atoms with Crippen molar-refractivity contribution < 1.29 is 31.1 Å². The van der Waals surface area contributed by atoms with E-state index in [1.807, 2.05) is 0 Å². The Bertz CT molecular complexity index is 1080. The fourth-order valence-electron chi connectivity index (χ4n) is 2.17. The van der Waals surface area contributed by atoms with Crippen LogP contribution in [0.25, 0.3) is 5.82 Å². The second kappa shape index (κ2) is 7.39. The Morgan fingerprint density at radius 1 is 0.862 bits per heavy atom. The van der Waals surface area contributed by atoms with Crippen LogP contribution in [0.15, 0.2) is 53.6 Å². The molecule has 0 N–H and O–H groups in total. The van der Waals surface area contributed by atoms with Gasteiger partial charge in [0.15, 0.2) is 16.6 Å². The maximum Gasteiger partial charge on any atom is 0.417 e. The van der Waals surface area contributed by atoms with Crippen LogP contribution in [0.2, 0.25) is 5.02 Å². The zero-order valence-electron chi connectivity index (χ0n) is 13.9. The first-order chi connectivity index (χ1) is 13.5. The third-order valence-corrected chi connectivity index (χ3v) is 3.94. The van der Waals surface area contributed by atoms with Gasteiger partial charge in [0.1, 0.15) is 5.75 Å². The minimum absolute atomic E-state index is 0.0356. The first-order valence-corrected chi connectivity index (χ1v) is 8.01. The summed E-state index contributed by atoms with van der Waals surface area (Å²) in [6.07, 6.45) is -7.60. The zero-order valence-corrected chi connectivity index (χ0v) is 14.7. The molecule has 0 aliphatic rings. The average Bonchev–Trinajstić information content (AvgIpc) is 2.65. The van der Waals surface area contributed by atoms with Crippen LogP contribution in [-0.4, -0.2) is 14.8 Å². The van der Waals surface area contributed by atoms with Crippen LogP contribution in [0.1, 0.15) is 11.1 Å². The highest BCUT2D eigenvalue weighted by Gasteiger charge is 2.31. The maximum atomic E-state index is 12.6. The number of benzene rings is 1. The highest BCUT2D eigenvalue weighted by atomic mass is 35.5. The van der Waals surface area contributed by atoms with Gasteiger partial charge < -0.3 is 4.74 Å². The molecular formula is C17H8ClF6N3O2. The SMILES string of the molecule is O=c1c(Cl)c(Oc2ccc(C(F)(F)F)cc2)cnn1-c1ccc(C(F)(F)F)cn1. The molecule has 29 heavy (non-hydrogen) atoms. The van der Waals surface area contributed by atoms with Crippen molar-refractivity contribution in [2.24, 2.45) is 0 Å². The first-order valence-electron chi connectivity index (χ1n) is 7.63. The summed E-state index contributed by atoms with van der Waals surface area (Å²) in [7, 11) is 0. The predicted molar refractivity (Wildman–Crippen MR) is 89.2 cm³/mol. The van der Waals surface area contributed by atoms with Gasteiger partial charge in [0.05, 0.1) is 17.3 Å². The van der Waals surface area contributed by atoms with E-state index >= 15 is 0 Å². The molecule has 0 fully saturated rings. The van der Waals surface area contributed by atoms with Crippen LogP contribution in [0, 0.1) is 0 Å². The summed E-state index contributed by atoms with van der Waals surface area (Å²) >= 11 is 5.92. The molecule has 12 heteroatoms. The van der Waals surface area contributed by atoms with Crippen LogP contribution in [0.4, 0.5) is 26.3 Å². The van der Waals surface area contributed by atoms with Crippen molar-refractivity contribution in [1.82, 2.24) is 14.8 Å². The largest absolute Gasteiger partial charge is 0.454 e. The molecule has 5 nitrogen and oxygen atoms in total. The number of pyridine rings is 1. The molecule has 0 spiro atoms. The van der Waals surface area contributed by atoms with Gasteiger partial charge in [-0.15, -0.1) is 0 Å². The number of aromatic nitrogens is 3. The number of hydrogen-bond acceptors (Lipinski definition) is 4. The Morgan fingerprint density at radius 2 is 1.45 bits per heavy atom. The smallest absolute Gasteiger partial charge is 0.417 e. The molecule has 2 heterocycles. The molecule has 0 bridgehead atoms. The van der Waals surface area contributed by atoms with Crippen molar-refractivity contribution in [3.05, 3.63) is 75.3 Å². The van der Waals surface area contributed by atoms with Crippen LogP contribution in [0.3, 0.4) is 0 Å².